The molecule has 1 aromatic heterocycles. The molecule has 0 aromatic carbocycles. The van der Waals surface area contributed by atoms with Crippen LogP contribution in [0.5, 0.6) is 0 Å². The van der Waals surface area contributed by atoms with Crippen LogP contribution in [0, 0.1) is 5.41 Å². The van der Waals surface area contributed by atoms with E-state index in [2.05, 4.69) is 15.6 Å². The van der Waals surface area contributed by atoms with Gasteiger partial charge in [-0.15, -0.1) is 0 Å². The molecule has 1 amide bonds. The average Bonchev–Trinajstić information content (AvgIpc) is 2.48. The summed E-state index contributed by atoms with van der Waals surface area (Å²) in [6.45, 7) is 3.59. The summed E-state index contributed by atoms with van der Waals surface area (Å²) >= 11 is 0. The van der Waals surface area contributed by atoms with Gasteiger partial charge >= 0.3 is 5.97 Å². The molecule has 20 heavy (non-hydrogen) atoms. The van der Waals surface area contributed by atoms with Gasteiger partial charge in [-0.25, -0.2) is 4.79 Å². The second kappa shape index (κ2) is 6.00. The summed E-state index contributed by atoms with van der Waals surface area (Å²) in [5.74, 6) is -1.13. The van der Waals surface area contributed by atoms with Crippen molar-refractivity contribution in [1.29, 1.82) is 0 Å². The topological polar surface area (TPSA) is 91.3 Å². The summed E-state index contributed by atoms with van der Waals surface area (Å²) in [5, 5.41) is 15.0. The normalized spacial score (nSPS) is 22.2. The lowest BCUT2D eigenvalue weighted by Gasteiger charge is -2.35. The zero-order valence-electron chi connectivity index (χ0n) is 11.5. The van der Waals surface area contributed by atoms with Crippen molar-refractivity contribution in [1.82, 2.24) is 10.3 Å². The number of hydrogen-bond donors (Lipinski definition) is 3. The monoisotopic (exact) mass is 277 g/mol. The maximum atomic E-state index is 12.5. The molecule has 0 bridgehead atoms. The fourth-order valence-corrected chi connectivity index (χ4v) is 2.51. The highest BCUT2D eigenvalue weighted by molar-refractivity contribution is 5.96. The van der Waals surface area contributed by atoms with E-state index in [1.165, 1.54) is 18.5 Å². The summed E-state index contributed by atoms with van der Waals surface area (Å²) < 4.78 is 0. The Kier molecular flexibility index (Phi) is 4.34. The number of carbonyl (C=O) groups is 2. The number of carboxylic acid groups (broad SMARTS) is 1. The van der Waals surface area contributed by atoms with Crippen molar-refractivity contribution in [2.45, 2.75) is 26.2 Å². The van der Waals surface area contributed by atoms with Crippen LogP contribution in [0.1, 0.15) is 36.5 Å². The standard InChI is InChI=1S/C14H19N3O3/c1-2-14(4-3-5-15-9-14)13(20)17-11-6-10(12(18)19)7-16-8-11/h6-8,15H,2-5,9H2,1H3,(H,17,20)(H,18,19). The Balaban J connectivity index is 2.14. The van der Waals surface area contributed by atoms with Gasteiger partial charge in [0.1, 0.15) is 0 Å². The summed E-state index contributed by atoms with van der Waals surface area (Å²) in [4.78, 5) is 27.2. The highest BCUT2D eigenvalue weighted by Crippen LogP contribution is 2.31. The largest absolute Gasteiger partial charge is 0.478 e. The highest BCUT2D eigenvalue weighted by atomic mass is 16.4. The molecule has 1 aliphatic heterocycles. The van der Waals surface area contributed by atoms with Crippen LogP contribution in [0.3, 0.4) is 0 Å². The zero-order valence-corrected chi connectivity index (χ0v) is 11.5. The van der Waals surface area contributed by atoms with E-state index in [1.807, 2.05) is 6.92 Å². The van der Waals surface area contributed by atoms with Crippen LogP contribution in [-0.4, -0.2) is 35.1 Å². The number of aromatic nitrogens is 1. The third kappa shape index (κ3) is 2.96. The number of amides is 1. The van der Waals surface area contributed by atoms with Gasteiger partial charge in [-0.05, 0) is 31.9 Å². The van der Waals surface area contributed by atoms with Crippen molar-refractivity contribution in [3.8, 4) is 0 Å². The molecular weight excluding hydrogens is 258 g/mol. The Labute approximate surface area is 117 Å². The molecule has 6 nitrogen and oxygen atoms in total. The van der Waals surface area contributed by atoms with Gasteiger partial charge < -0.3 is 15.7 Å². The van der Waals surface area contributed by atoms with Gasteiger partial charge in [0.15, 0.2) is 0 Å². The SMILES string of the molecule is CCC1(C(=O)Nc2cncc(C(=O)O)c2)CCCNC1. The molecule has 0 radical (unpaired) electrons. The lowest BCUT2D eigenvalue weighted by atomic mass is 9.77. The first-order chi connectivity index (χ1) is 9.57. The zero-order chi connectivity index (χ0) is 14.6. The highest BCUT2D eigenvalue weighted by Gasteiger charge is 2.37. The van der Waals surface area contributed by atoms with E-state index in [0.29, 0.717) is 12.2 Å². The van der Waals surface area contributed by atoms with Crippen LogP contribution in [-0.2, 0) is 4.79 Å². The predicted octanol–water partition coefficient (Wildman–Crippen LogP) is 1.50. The van der Waals surface area contributed by atoms with Crippen molar-refractivity contribution < 1.29 is 14.7 Å². The molecule has 1 aromatic rings. The van der Waals surface area contributed by atoms with Crippen LogP contribution < -0.4 is 10.6 Å². The molecule has 6 heteroatoms. The van der Waals surface area contributed by atoms with Crippen molar-refractivity contribution in [2.75, 3.05) is 18.4 Å². The second-order valence-corrected chi connectivity index (χ2v) is 5.14. The predicted molar refractivity (Wildman–Crippen MR) is 74.7 cm³/mol. The maximum absolute atomic E-state index is 12.5. The van der Waals surface area contributed by atoms with Crippen molar-refractivity contribution in [3.63, 3.8) is 0 Å². The summed E-state index contributed by atoms with van der Waals surface area (Å²) in [7, 11) is 0. The minimum Gasteiger partial charge on any atom is -0.478 e. The summed E-state index contributed by atoms with van der Waals surface area (Å²) in [6, 6.07) is 1.42. The Morgan fingerprint density at radius 1 is 1.50 bits per heavy atom. The van der Waals surface area contributed by atoms with E-state index < -0.39 is 11.4 Å². The first-order valence-corrected chi connectivity index (χ1v) is 6.78. The first kappa shape index (κ1) is 14.5. The molecule has 3 N–H and O–H groups in total. The number of nitrogens with one attached hydrogen (secondary N) is 2. The number of carbonyl (C=O) groups excluding carboxylic acids is 1. The van der Waals surface area contributed by atoms with Crippen molar-refractivity contribution in [2.24, 2.45) is 5.41 Å². The molecule has 1 aliphatic rings. The molecule has 1 saturated heterocycles. The molecule has 0 spiro atoms. The molecule has 1 atom stereocenters. The third-order valence-corrected chi connectivity index (χ3v) is 3.87. The van der Waals surface area contributed by atoms with Gasteiger partial charge in [0.25, 0.3) is 0 Å². The lowest BCUT2D eigenvalue weighted by Crippen LogP contribution is -2.47. The van der Waals surface area contributed by atoms with Gasteiger partial charge in [0.2, 0.25) is 5.91 Å². The van der Waals surface area contributed by atoms with Crippen molar-refractivity contribution >= 4 is 17.6 Å². The smallest absolute Gasteiger partial charge is 0.337 e. The van der Waals surface area contributed by atoms with Crippen LogP contribution in [0.15, 0.2) is 18.5 Å². The van der Waals surface area contributed by atoms with E-state index in [-0.39, 0.29) is 11.5 Å². The number of carboxylic acids is 1. The number of anilines is 1. The Bertz CT molecular complexity index is 510. The Morgan fingerprint density at radius 2 is 2.30 bits per heavy atom. The van der Waals surface area contributed by atoms with Gasteiger partial charge in [-0.1, -0.05) is 6.92 Å². The second-order valence-electron chi connectivity index (χ2n) is 5.14. The van der Waals surface area contributed by atoms with Crippen LogP contribution >= 0.6 is 0 Å². The number of aromatic carboxylic acids is 1. The first-order valence-electron chi connectivity index (χ1n) is 6.78. The van der Waals surface area contributed by atoms with E-state index in [0.717, 1.165) is 25.8 Å². The fraction of sp³-hybridized carbons (Fsp3) is 0.500. The van der Waals surface area contributed by atoms with E-state index in [1.54, 1.807) is 0 Å². The summed E-state index contributed by atoms with van der Waals surface area (Å²) in [6.07, 6.45) is 5.28. The van der Waals surface area contributed by atoms with Gasteiger partial charge in [-0.3, -0.25) is 9.78 Å². The number of hydrogen-bond acceptors (Lipinski definition) is 4. The van der Waals surface area contributed by atoms with Gasteiger partial charge in [0, 0.05) is 12.7 Å². The van der Waals surface area contributed by atoms with Crippen LogP contribution in [0.4, 0.5) is 5.69 Å². The fourth-order valence-electron chi connectivity index (χ4n) is 2.51. The minimum absolute atomic E-state index is 0.0649. The molecule has 2 rings (SSSR count). The molecule has 1 fully saturated rings. The molecule has 0 aliphatic carbocycles. The number of piperidine rings is 1. The maximum Gasteiger partial charge on any atom is 0.337 e. The van der Waals surface area contributed by atoms with Gasteiger partial charge in [0.05, 0.1) is 22.9 Å². The minimum atomic E-state index is -1.06. The number of nitrogens with zero attached hydrogens (tertiary/aromatic N) is 1. The van der Waals surface area contributed by atoms with E-state index in [9.17, 15) is 9.59 Å². The Hall–Kier alpha value is -1.95. The molecule has 2 heterocycles. The number of rotatable bonds is 4. The molecule has 0 saturated carbocycles. The van der Waals surface area contributed by atoms with E-state index >= 15 is 0 Å². The van der Waals surface area contributed by atoms with Crippen molar-refractivity contribution in [3.05, 3.63) is 24.0 Å². The average molecular weight is 277 g/mol. The number of pyridine rings is 1. The third-order valence-electron chi connectivity index (χ3n) is 3.87. The van der Waals surface area contributed by atoms with Crippen LogP contribution in [0.2, 0.25) is 0 Å². The molecule has 1 unspecified atom stereocenters. The quantitative estimate of drug-likeness (QED) is 0.775. The molecular formula is C14H19N3O3. The van der Waals surface area contributed by atoms with E-state index in [4.69, 9.17) is 5.11 Å². The molecule has 108 valence electrons. The Morgan fingerprint density at radius 3 is 2.90 bits per heavy atom. The van der Waals surface area contributed by atoms with Gasteiger partial charge in [-0.2, -0.15) is 0 Å². The summed E-state index contributed by atoms with van der Waals surface area (Å²) in [5.41, 5.74) is 0.0701. The van der Waals surface area contributed by atoms with Crippen LogP contribution in [0.25, 0.3) is 0 Å². The lowest BCUT2D eigenvalue weighted by molar-refractivity contribution is -0.126.